The van der Waals surface area contributed by atoms with Gasteiger partial charge in [0.25, 0.3) is 0 Å². The molecule has 3 heteroatoms. The van der Waals surface area contributed by atoms with E-state index in [0.29, 0.717) is 12.0 Å². The number of nitrogens with one attached hydrogen (secondary N) is 1. The smallest absolute Gasteiger partial charge is 0.0584 e. The first-order valence-corrected chi connectivity index (χ1v) is 5.46. The Hall–Kier alpha value is -0.120. The molecule has 0 radical (unpaired) electrons. The third-order valence-corrected chi connectivity index (χ3v) is 2.25. The van der Waals surface area contributed by atoms with Gasteiger partial charge in [-0.2, -0.15) is 0 Å². The van der Waals surface area contributed by atoms with Crippen LogP contribution in [0.3, 0.4) is 0 Å². The zero-order valence-corrected chi connectivity index (χ0v) is 9.92. The molecule has 0 bridgehead atoms. The summed E-state index contributed by atoms with van der Waals surface area (Å²) in [6.45, 7) is 7.46. The molecule has 14 heavy (non-hydrogen) atoms. The molecule has 0 aliphatic carbocycles. The Morgan fingerprint density at radius 1 is 1.29 bits per heavy atom. The molecule has 0 fully saturated rings. The molecule has 3 nitrogen and oxygen atoms in total. The average molecular weight is 203 g/mol. The summed E-state index contributed by atoms with van der Waals surface area (Å²) in [4.78, 5) is 0. The zero-order chi connectivity index (χ0) is 11.0. The molecule has 0 aliphatic rings. The van der Waals surface area contributed by atoms with Gasteiger partial charge in [-0.15, -0.1) is 0 Å². The minimum Gasteiger partial charge on any atom is -0.395 e. The van der Waals surface area contributed by atoms with Gasteiger partial charge in [-0.1, -0.05) is 13.8 Å². The van der Waals surface area contributed by atoms with E-state index in [9.17, 15) is 0 Å². The van der Waals surface area contributed by atoms with Gasteiger partial charge in [0.1, 0.15) is 0 Å². The van der Waals surface area contributed by atoms with E-state index < -0.39 is 0 Å². The Morgan fingerprint density at radius 3 is 2.36 bits per heavy atom. The van der Waals surface area contributed by atoms with Crippen molar-refractivity contribution in [3.05, 3.63) is 0 Å². The van der Waals surface area contributed by atoms with Gasteiger partial charge in [-0.3, -0.25) is 0 Å². The fourth-order valence-electron chi connectivity index (χ4n) is 1.54. The van der Waals surface area contributed by atoms with Crippen LogP contribution in [0, 0.1) is 5.92 Å². The van der Waals surface area contributed by atoms with E-state index in [1.807, 2.05) is 0 Å². The predicted octanol–water partition coefficient (Wildman–Crippen LogP) is 1.41. The fraction of sp³-hybridized carbons (Fsp3) is 1.00. The molecule has 0 saturated heterocycles. The van der Waals surface area contributed by atoms with Crippen LogP contribution < -0.4 is 5.32 Å². The van der Waals surface area contributed by atoms with Crippen molar-refractivity contribution in [2.45, 2.75) is 45.7 Å². The maximum Gasteiger partial charge on any atom is 0.0584 e. The molecule has 0 saturated carbocycles. The maximum atomic E-state index is 9.16. The number of rotatable bonds is 8. The Labute approximate surface area is 87.8 Å². The van der Waals surface area contributed by atoms with Gasteiger partial charge in [0.05, 0.1) is 6.61 Å². The van der Waals surface area contributed by atoms with E-state index in [-0.39, 0.29) is 12.6 Å². The van der Waals surface area contributed by atoms with Crippen molar-refractivity contribution >= 4 is 0 Å². The van der Waals surface area contributed by atoms with Crippen molar-refractivity contribution in [3.8, 4) is 0 Å². The third-order valence-electron chi connectivity index (χ3n) is 2.25. The molecular weight excluding hydrogens is 178 g/mol. The monoisotopic (exact) mass is 203 g/mol. The van der Waals surface area contributed by atoms with Gasteiger partial charge in [0, 0.05) is 25.8 Å². The van der Waals surface area contributed by atoms with Crippen molar-refractivity contribution in [2.24, 2.45) is 5.92 Å². The molecule has 0 aromatic heterocycles. The summed E-state index contributed by atoms with van der Waals surface area (Å²) in [6.07, 6.45) is 2.01. The van der Waals surface area contributed by atoms with Crippen LogP contribution in [0.25, 0.3) is 0 Å². The summed E-state index contributed by atoms with van der Waals surface area (Å²) < 4.78 is 5.01. The zero-order valence-electron chi connectivity index (χ0n) is 9.92. The molecule has 0 aromatic carbocycles. The highest BCUT2D eigenvalue weighted by molar-refractivity contribution is 4.71. The molecule has 0 heterocycles. The summed E-state index contributed by atoms with van der Waals surface area (Å²) in [7, 11) is 1.71. The van der Waals surface area contributed by atoms with E-state index in [2.05, 4.69) is 26.1 Å². The van der Waals surface area contributed by atoms with Gasteiger partial charge in [-0.25, -0.2) is 0 Å². The second-order valence-corrected chi connectivity index (χ2v) is 4.36. The highest BCUT2D eigenvalue weighted by Gasteiger charge is 2.12. The first kappa shape index (κ1) is 13.9. The first-order chi connectivity index (χ1) is 6.60. The predicted molar refractivity (Wildman–Crippen MR) is 59.4 cm³/mol. The maximum absolute atomic E-state index is 9.16. The molecule has 0 aromatic rings. The molecular formula is C11H25NO2. The Kier molecular flexibility index (Phi) is 8.14. The van der Waals surface area contributed by atoms with Gasteiger partial charge in [0.15, 0.2) is 0 Å². The largest absolute Gasteiger partial charge is 0.395 e. The number of hydrogen-bond donors (Lipinski definition) is 2. The lowest BCUT2D eigenvalue weighted by Gasteiger charge is -2.22. The minimum atomic E-state index is 0.218. The summed E-state index contributed by atoms with van der Waals surface area (Å²) in [5.41, 5.74) is 0. The van der Waals surface area contributed by atoms with Crippen LogP contribution in [0.2, 0.25) is 0 Å². The van der Waals surface area contributed by atoms with Crippen molar-refractivity contribution in [3.63, 3.8) is 0 Å². The van der Waals surface area contributed by atoms with Crippen LogP contribution in [0.4, 0.5) is 0 Å². The Bertz CT molecular complexity index is 128. The average Bonchev–Trinajstić information content (AvgIpc) is 2.12. The molecule has 86 valence electrons. The standard InChI is InChI=1S/C11H25NO2/c1-9(2)7-11(8-13)12-10(3)5-6-14-4/h9-13H,5-8H2,1-4H3. The van der Waals surface area contributed by atoms with Crippen molar-refractivity contribution < 1.29 is 9.84 Å². The molecule has 0 aliphatic heterocycles. The van der Waals surface area contributed by atoms with E-state index in [1.54, 1.807) is 7.11 Å². The van der Waals surface area contributed by atoms with Crippen LogP contribution >= 0.6 is 0 Å². The lowest BCUT2D eigenvalue weighted by atomic mass is 10.0. The van der Waals surface area contributed by atoms with E-state index in [0.717, 1.165) is 19.4 Å². The molecule has 2 N–H and O–H groups in total. The van der Waals surface area contributed by atoms with Gasteiger partial charge in [0.2, 0.25) is 0 Å². The van der Waals surface area contributed by atoms with Crippen LogP contribution in [-0.2, 0) is 4.74 Å². The summed E-state index contributed by atoms with van der Waals surface area (Å²) in [6, 6.07) is 0.632. The molecule has 0 spiro atoms. The highest BCUT2D eigenvalue weighted by Crippen LogP contribution is 2.05. The quantitative estimate of drug-likeness (QED) is 0.626. The topological polar surface area (TPSA) is 41.5 Å². The lowest BCUT2D eigenvalue weighted by molar-refractivity contribution is 0.170. The summed E-state index contributed by atoms with van der Waals surface area (Å²) in [5, 5.41) is 12.6. The van der Waals surface area contributed by atoms with Crippen LogP contribution in [0.1, 0.15) is 33.6 Å². The van der Waals surface area contributed by atoms with E-state index >= 15 is 0 Å². The lowest BCUT2D eigenvalue weighted by Crippen LogP contribution is -2.40. The second-order valence-electron chi connectivity index (χ2n) is 4.36. The normalized spacial score (nSPS) is 15.9. The van der Waals surface area contributed by atoms with E-state index in [1.165, 1.54) is 0 Å². The van der Waals surface area contributed by atoms with Crippen LogP contribution in [0.5, 0.6) is 0 Å². The molecule has 2 unspecified atom stereocenters. The second kappa shape index (κ2) is 8.21. The molecule has 0 amide bonds. The van der Waals surface area contributed by atoms with Gasteiger partial charge >= 0.3 is 0 Å². The van der Waals surface area contributed by atoms with Crippen LogP contribution in [-0.4, -0.2) is 37.5 Å². The minimum absolute atomic E-state index is 0.218. The summed E-state index contributed by atoms with van der Waals surface area (Å²) in [5.74, 6) is 0.620. The van der Waals surface area contributed by atoms with Crippen molar-refractivity contribution in [1.82, 2.24) is 5.32 Å². The fourth-order valence-corrected chi connectivity index (χ4v) is 1.54. The number of aliphatic hydroxyl groups excluding tert-OH is 1. The van der Waals surface area contributed by atoms with Crippen molar-refractivity contribution in [1.29, 1.82) is 0 Å². The highest BCUT2D eigenvalue weighted by atomic mass is 16.5. The number of ether oxygens (including phenoxy) is 1. The van der Waals surface area contributed by atoms with Gasteiger partial charge < -0.3 is 15.2 Å². The Balaban J connectivity index is 3.68. The number of methoxy groups -OCH3 is 1. The SMILES string of the molecule is COCCC(C)NC(CO)CC(C)C. The van der Waals surface area contributed by atoms with E-state index in [4.69, 9.17) is 9.84 Å². The molecule has 0 rings (SSSR count). The molecule has 2 atom stereocenters. The van der Waals surface area contributed by atoms with Crippen LogP contribution in [0.15, 0.2) is 0 Å². The first-order valence-electron chi connectivity index (χ1n) is 5.46. The van der Waals surface area contributed by atoms with Crippen molar-refractivity contribution in [2.75, 3.05) is 20.3 Å². The Morgan fingerprint density at radius 2 is 1.93 bits per heavy atom. The summed E-state index contributed by atoms with van der Waals surface area (Å²) >= 11 is 0. The third kappa shape index (κ3) is 7.30. The van der Waals surface area contributed by atoms with Gasteiger partial charge in [-0.05, 0) is 25.7 Å². The number of aliphatic hydroxyl groups is 1. The number of hydrogen-bond acceptors (Lipinski definition) is 3.